The molecule has 4 N–H and O–H groups in total. The summed E-state index contributed by atoms with van der Waals surface area (Å²) in [5.74, 6) is 0. The number of fused-ring (bicyclic) bond motifs is 2. The van der Waals surface area contributed by atoms with Crippen LogP contribution in [0, 0.1) is 13.8 Å². The first-order valence-electron chi connectivity index (χ1n) is 14.9. The van der Waals surface area contributed by atoms with Crippen LogP contribution in [0.4, 0.5) is 34.1 Å². The number of rotatable bonds is 8. The number of nitrogen functional groups attached to an aromatic ring is 2. The summed E-state index contributed by atoms with van der Waals surface area (Å²) in [6.45, 7) is 3.61. The standard InChI is InChI=1S/C34H28N6O9S3.3Na/c1-18-13-20(4-11-29(18)37-39-33-26-8-6-24(50(41,42)43)15-22(26)3-10-28(33)35)21-5-12-30(19(2)14-21)38-40-34-27-9-7-25(51(44,45)46)16-23(27)17-31(32(34)36)52(47,48)49;;;/h3-17H,35-36H2,1-2H3,(H,41,42,43)(H,44,45,46)(H,47,48,49);;;/q;3*+1/p-3/b39-37+,40-38+;;;. The monoisotopic (exact) mass is 826 g/mol. The Labute approximate surface area is 382 Å². The van der Waals surface area contributed by atoms with Gasteiger partial charge in [-0.1, -0.05) is 30.3 Å². The van der Waals surface area contributed by atoms with Gasteiger partial charge in [0.2, 0.25) is 0 Å². The smallest absolute Gasteiger partial charge is 0.744 e. The van der Waals surface area contributed by atoms with Gasteiger partial charge in [0.15, 0.2) is 0 Å². The molecular formula is C34H25N6Na3O9S3. The molecule has 21 heteroatoms. The first kappa shape index (κ1) is 46.8. The van der Waals surface area contributed by atoms with Gasteiger partial charge in [0.1, 0.15) is 41.7 Å². The predicted molar refractivity (Wildman–Crippen MR) is 190 cm³/mol. The molecule has 0 radical (unpaired) electrons. The van der Waals surface area contributed by atoms with Gasteiger partial charge in [-0.25, -0.2) is 25.3 Å². The van der Waals surface area contributed by atoms with Gasteiger partial charge < -0.3 is 25.1 Å². The molecular weight excluding hydrogens is 802 g/mol. The largest absolute Gasteiger partial charge is 1.00 e. The Hall–Kier alpha value is -2.63. The third-order valence-electron chi connectivity index (χ3n) is 8.17. The first-order valence-corrected chi connectivity index (χ1v) is 19.1. The fourth-order valence-corrected chi connectivity index (χ4v) is 7.15. The van der Waals surface area contributed by atoms with Crippen molar-refractivity contribution in [3.8, 4) is 11.1 Å². The van der Waals surface area contributed by atoms with Gasteiger partial charge in [0.05, 0.1) is 37.4 Å². The maximum Gasteiger partial charge on any atom is 1.00 e. The van der Waals surface area contributed by atoms with Crippen LogP contribution >= 0.6 is 0 Å². The summed E-state index contributed by atoms with van der Waals surface area (Å²) in [5.41, 5.74) is 16.1. The van der Waals surface area contributed by atoms with Crippen molar-refractivity contribution in [1.82, 2.24) is 0 Å². The SMILES string of the molecule is Cc1cc(-c2ccc(/N=N/c3c(N)c(S(=O)(=O)[O-])cc4cc(S(=O)(=O)[O-])ccc34)c(C)c2)ccc1/N=N/c1c(N)ccc2cc(S(=O)(=O)[O-])ccc12.[Na+].[Na+].[Na+]. The van der Waals surface area contributed by atoms with E-state index in [1.165, 1.54) is 24.3 Å². The van der Waals surface area contributed by atoms with Crippen LogP contribution in [0.2, 0.25) is 0 Å². The number of benzene rings is 6. The van der Waals surface area contributed by atoms with E-state index in [9.17, 15) is 38.9 Å². The van der Waals surface area contributed by atoms with Crippen LogP contribution < -0.4 is 100 Å². The Balaban J connectivity index is 0.00000271. The zero-order valence-electron chi connectivity index (χ0n) is 30.0. The molecule has 0 saturated heterocycles. The summed E-state index contributed by atoms with van der Waals surface area (Å²) in [7, 11) is -14.6. The molecule has 0 heterocycles. The van der Waals surface area contributed by atoms with E-state index in [0.717, 1.165) is 34.9 Å². The summed E-state index contributed by atoms with van der Waals surface area (Å²) < 4.78 is 105. The maximum absolute atomic E-state index is 11.9. The van der Waals surface area contributed by atoms with Crippen molar-refractivity contribution in [2.75, 3.05) is 11.5 Å². The second-order valence-electron chi connectivity index (χ2n) is 11.7. The predicted octanol–water partition coefficient (Wildman–Crippen LogP) is -2.00. The van der Waals surface area contributed by atoms with E-state index in [4.69, 9.17) is 11.5 Å². The van der Waals surface area contributed by atoms with E-state index in [-0.39, 0.29) is 110 Å². The van der Waals surface area contributed by atoms with Gasteiger partial charge in [-0.05, 0) is 108 Å². The molecule has 6 aromatic rings. The summed E-state index contributed by atoms with van der Waals surface area (Å²) in [5, 5.41) is 18.2. The minimum atomic E-state index is -5.11. The molecule has 0 unspecified atom stereocenters. The molecule has 0 spiro atoms. The Kier molecular flexibility index (Phi) is 15.2. The quantitative estimate of drug-likeness (QED) is 0.0733. The number of nitrogens with two attached hydrogens (primary N) is 2. The van der Waals surface area contributed by atoms with Gasteiger partial charge in [-0.2, -0.15) is 10.2 Å². The molecule has 55 heavy (non-hydrogen) atoms. The van der Waals surface area contributed by atoms with E-state index in [0.29, 0.717) is 39.1 Å². The Bertz CT molecular complexity index is 2890. The van der Waals surface area contributed by atoms with Gasteiger partial charge in [0.25, 0.3) is 0 Å². The van der Waals surface area contributed by atoms with Crippen molar-refractivity contribution >= 4 is 86.0 Å². The Morgan fingerprint density at radius 2 is 0.945 bits per heavy atom. The van der Waals surface area contributed by atoms with Crippen LogP contribution in [0.15, 0.2) is 126 Å². The van der Waals surface area contributed by atoms with Gasteiger partial charge >= 0.3 is 88.7 Å². The first-order chi connectivity index (χ1) is 24.3. The van der Waals surface area contributed by atoms with Crippen LogP contribution in [-0.2, 0) is 30.4 Å². The minimum Gasteiger partial charge on any atom is -0.744 e. The topological polar surface area (TPSA) is 273 Å². The molecule has 6 aromatic carbocycles. The molecule has 6 rings (SSSR count). The molecule has 0 saturated carbocycles. The van der Waals surface area contributed by atoms with E-state index in [1.807, 2.05) is 25.1 Å². The average Bonchev–Trinajstić information content (AvgIpc) is 3.06. The molecule has 15 nitrogen and oxygen atoms in total. The summed E-state index contributed by atoms with van der Waals surface area (Å²) >= 11 is 0. The number of hydrogen-bond acceptors (Lipinski definition) is 15. The van der Waals surface area contributed by atoms with Crippen molar-refractivity contribution in [3.63, 3.8) is 0 Å². The van der Waals surface area contributed by atoms with Crippen molar-refractivity contribution in [2.45, 2.75) is 28.5 Å². The average molecular weight is 827 g/mol. The van der Waals surface area contributed by atoms with E-state index in [1.54, 1.807) is 37.3 Å². The van der Waals surface area contributed by atoms with E-state index in [2.05, 4.69) is 20.5 Å². The normalized spacial score (nSPS) is 12.1. The third kappa shape index (κ3) is 10.3. The fourth-order valence-electron chi connectivity index (χ4n) is 5.50. The minimum absolute atomic E-state index is 0. The molecule has 0 fully saturated rings. The van der Waals surface area contributed by atoms with Gasteiger partial charge in [-0.15, -0.1) is 10.2 Å². The second kappa shape index (κ2) is 17.9. The molecule has 0 atom stereocenters. The van der Waals surface area contributed by atoms with Crippen molar-refractivity contribution in [3.05, 3.63) is 102 Å². The second-order valence-corrected chi connectivity index (χ2v) is 15.8. The number of azo groups is 2. The van der Waals surface area contributed by atoms with Crippen molar-refractivity contribution in [2.24, 2.45) is 20.5 Å². The summed E-state index contributed by atoms with van der Waals surface area (Å²) in [4.78, 5) is -1.84. The van der Waals surface area contributed by atoms with Crippen LogP contribution in [0.25, 0.3) is 32.7 Å². The Morgan fingerprint density at radius 3 is 1.40 bits per heavy atom. The summed E-state index contributed by atoms with van der Waals surface area (Å²) in [6.07, 6.45) is 0. The van der Waals surface area contributed by atoms with E-state index < -0.39 is 45.8 Å². The van der Waals surface area contributed by atoms with Crippen molar-refractivity contribution < 1.29 is 128 Å². The number of aryl methyl sites for hydroxylation is 2. The number of hydrogen-bond donors (Lipinski definition) is 2. The molecule has 0 aromatic heterocycles. The molecule has 266 valence electrons. The molecule has 0 aliphatic carbocycles. The number of nitrogens with zero attached hydrogens (tertiary/aromatic N) is 4. The molecule has 0 aliphatic rings. The van der Waals surface area contributed by atoms with Gasteiger partial charge in [-0.3, -0.25) is 0 Å². The fraction of sp³-hybridized carbons (Fsp3) is 0.0588. The number of anilines is 2. The van der Waals surface area contributed by atoms with Gasteiger partial charge in [0, 0.05) is 10.8 Å². The zero-order valence-corrected chi connectivity index (χ0v) is 38.5. The maximum atomic E-state index is 11.9. The van der Waals surface area contributed by atoms with Crippen molar-refractivity contribution in [1.29, 1.82) is 0 Å². The summed E-state index contributed by atoms with van der Waals surface area (Å²) in [6, 6.07) is 21.8. The van der Waals surface area contributed by atoms with E-state index >= 15 is 0 Å². The van der Waals surface area contributed by atoms with Crippen LogP contribution in [0.1, 0.15) is 11.1 Å². The van der Waals surface area contributed by atoms with Crippen LogP contribution in [0.3, 0.4) is 0 Å². The molecule has 0 aliphatic heterocycles. The zero-order chi connectivity index (χ0) is 37.7. The Morgan fingerprint density at radius 1 is 0.491 bits per heavy atom. The van der Waals surface area contributed by atoms with Crippen LogP contribution in [0.5, 0.6) is 0 Å². The molecule has 0 bridgehead atoms. The third-order valence-corrected chi connectivity index (χ3v) is 10.7. The molecule has 0 amide bonds. The van der Waals surface area contributed by atoms with Crippen LogP contribution in [-0.4, -0.2) is 38.9 Å².